The Balaban J connectivity index is 0.00000109. The fraction of sp³-hybridized carbons (Fsp3) is 0.190. The number of carbonyl (C=O) groups is 2. The van der Waals surface area contributed by atoms with Gasteiger partial charge in [-0.2, -0.15) is 5.10 Å². The van der Waals surface area contributed by atoms with Crippen LogP contribution in [0.15, 0.2) is 42.9 Å². The van der Waals surface area contributed by atoms with Gasteiger partial charge in [-0.15, -0.1) is 0 Å². The van der Waals surface area contributed by atoms with Crippen molar-refractivity contribution in [1.82, 2.24) is 19.6 Å². The fourth-order valence-electron chi connectivity index (χ4n) is 3.21. The summed E-state index contributed by atoms with van der Waals surface area (Å²) in [7, 11) is 0. The molecule has 0 bridgehead atoms. The van der Waals surface area contributed by atoms with Crippen LogP contribution in [0, 0.1) is 6.92 Å². The van der Waals surface area contributed by atoms with E-state index < -0.39 is 0 Å². The molecule has 0 atom stereocenters. The summed E-state index contributed by atoms with van der Waals surface area (Å²) in [6, 6.07) is 7.67. The van der Waals surface area contributed by atoms with Crippen molar-refractivity contribution < 1.29 is 9.59 Å². The highest BCUT2D eigenvalue weighted by molar-refractivity contribution is 6.30. The van der Waals surface area contributed by atoms with Crippen molar-refractivity contribution >= 4 is 40.5 Å². The van der Waals surface area contributed by atoms with Crippen LogP contribution in [0.2, 0.25) is 5.15 Å². The van der Waals surface area contributed by atoms with Gasteiger partial charge in [0.25, 0.3) is 0 Å². The number of hydrogen-bond acceptors (Lipinski definition) is 5. The van der Waals surface area contributed by atoms with Gasteiger partial charge in [-0.25, -0.2) is 9.50 Å². The zero-order valence-electron chi connectivity index (χ0n) is 15.6. The monoisotopic (exact) mass is 394 g/mol. The molecule has 142 valence electrons. The summed E-state index contributed by atoms with van der Waals surface area (Å²) in [4.78, 5) is 28.7. The SMILES string of the molecule is C=O.CCCC(=O)c1cc(C)c(-c2cc3cnc(Cl)cc3c3ccnn23)cn1. The van der Waals surface area contributed by atoms with Crippen molar-refractivity contribution in [1.29, 1.82) is 0 Å². The largest absolute Gasteiger partial charge is 0.307 e. The van der Waals surface area contributed by atoms with Gasteiger partial charge in [0, 0.05) is 35.2 Å². The van der Waals surface area contributed by atoms with Crippen LogP contribution < -0.4 is 0 Å². The number of fused-ring (bicyclic) bond motifs is 3. The number of carbonyl (C=O) groups excluding carboxylic acids is 2. The second-order valence-corrected chi connectivity index (χ2v) is 6.70. The van der Waals surface area contributed by atoms with Gasteiger partial charge >= 0.3 is 0 Å². The Morgan fingerprint density at radius 3 is 2.68 bits per heavy atom. The number of rotatable bonds is 4. The van der Waals surface area contributed by atoms with E-state index >= 15 is 0 Å². The second-order valence-electron chi connectivity index (χ2n) is 6.31. The minimum absolute atomic E-state index is 0.0729. The molecular weight excluding hydrogens is 376 g/mol. The number of nitrogens with zero attached hydrogens (tertiary/aromatic N) is 4. The zero-order valence-corrected chi connectivity index (χ0v) is 16.4. The maximum Gasteiger partial charge on any atom is 0.181 e. The third kappa shape index (κ3) is 3.51. The summed E-state index contributed by atoms with van der Waals surface area (Å²) in [6.45, 7) is 5.97. The van der Waals surface area contributed by atoms with Gasteiger partial charge in [-0.3, -0.25) is 9.78 Å². The first-order valence-corrected chi connectivity index (χ1v) is 9.17. The first-order valence-electron chi connectivity index (χ1n) is 8.79. The molecule has 4 aromatic rings. The Hall–Kier alpha value is -3.12. The van der Waals surface area contributed by atoms with Crippen LogP contribution in [0.1, 0.15) is 35.8 Å². The van der Waals surface area contributed by atoms with Crippen molar-refractivity contribution in [2.45, 2.75) is 26.7 Å². The number of halogens is 1. The first-order chi connectivity index (χ1) is 13.6. The minimum atomic E-state index is 0.0729. The predicted molar refractivity (Wildman–Crippen MR) is 110 cm³/mol. The zero-order chi connectivity index (χ0) is 20.3. The average Bonchev–Trinajstić information content (AvgIpc) is 3.20. The molecule has 6 nitrogen and oxygen atoms in total. The van der Waals surface area contributed by atoms with Gasteiger partial charge in [0.15, 0.2) is 5.78 Å². The molecular formula is C21H19ClN4O2. The van der Waals surface area contributed by atoms with E-state index in [2.05, 4.69) is 15.1 Å². The molecule has 0 aromatic carbocycles. The maximum atomic E-state index is 12.1. The standard InChI is InChI=1S/C20H17ClN4O.CH2O/c1-3-4-19(26)16-7-12(2)15(11-22-16)18-8-13-10-23-20(21)9-14(13)17-5-6-24-25(17)18;1-2/h5-11H,3-4H2,1-2H3;1H2. The molecule has 0 saturated carbocycles. The number of ketones is 1. The number of Topliss-reactive ketones (excluding diaryl/α,β-unsaturated/α-hetero) is 1. The number of aryl methyl sites for hydroxylation is 1. The molecule has 7 heteroatoms. The van der Waals surface area contributed by atoms with Gasteiger partial charge in [0.2, 0.25) is 0 Å². The van der Waals surface area contributed by atoms with E-state index in [1.165, 1.54) is 0 Å². The highest BCUT2D eigenvalue weighted by Crippen LogP contribution is 2.30. The smallest absolute Gasteiger partial charge is 0.181 e. The average molecular weight is 395 g/mol. The van der Waals surface area contributed by atoms with Gasteiger partial charge in [0.1, 0.15) is 17.6 Å². The molecule has 0 unspecified atom stereocenters. The van der Waals surface area contributed by atoms with E-state index in [0.717, 1.165) is 39.5 Å². The Kier molecular flexibility index (Phi) is 5.80. The summed E-state index contributed by atoms with van der Waals surface area (Å²) >= 11 is 6.06. The van der Waals surface area contributed by atoms with E-state index in [-0.39, 0.29) is 5.78 Å². The Bertz CT molecular complexity index is 1170. The van der Waals surface area contributed by atoms with E-state index in [1.54, 1.807) is 18.6 Å². The normalized spacial score (nSPS) is 10.7. The predicted octanol–water partition coefficient (Wildman–Crippen LogP) is 4.70. The van der Waals surface area contributed by atoms with E-state index in [1.807, 2.05) is 49.4 Å². The molecule has 0 spiro atoms. The highest BCUT2D eigenvalue weighted by Gasteiger charge is 2.14. The van der Waals surface area contributed by atoms with Crippen LogP contribution in [-0.4, -0.2) is 32.2 Å². The van der Waals surface area contributed by atoms with Crippen LogP contribution in [0.5, 0.6) is 0 Å². The number of hydrogen-bond donors (Lipinski definition) is 0. The topological polar surface area (TPSA) is 77.2 Å². The molecule has 4 aromatic heterocycles. The van der Waals surface area contributed by atoms with E-state index in [9.17, 15) is 4.79 Å². The first kappa shape index (κ1) is 19.6. The quantitative estimate of drug-likeness (QED) is 0.370. The molecule has 4 heterocycles. The van der Waals surface area contributed by atoms with Crippen molar-refractivity contribution in [3.63, 3.8) is 0 Å². The molecule has 0 amide bonds. The van der Waals surface area contributed by atoms with Gasteiger partial charge in [-0.05, 0) is 43.2 Å². The van der Waals surface area contributed by atoms with Crippen LogP contribution in [-0.2, 0) is 4.79 Å². The van der Waals surface area contributed by atoms with Crippen molar-refractivity contribution in [2.24, 2.45) is 0 Å². The minimum Gasteiger partial charge on any atom is -0.307 e. The van der Waals surface area contributed by atoms with Gasteiger partial charge < -0.3 is 4.79 Å². The molecule has 0 aliphatic rings. The third-order valence-electron chi connectivity index (χ3n) is 4.49. The lowest BCUT2D eigenvalue weighted by atomic mass is 10.0. The summed E-state index contributed by atoms with van der Waals surface area (Å²) in [5.74, 6) is 0.0729. The summed E-state index contributed by atoms with van der Waals surface area (Å²) in [5, 5.41) is 6.88. The fourth-order valence-corrected chi connectivity index (χ4v) is 3.37. The second kappa shape index (κ2) is 8.27. The maximum absolute atomic E-state index is 12.1. The van der Waals surface area contributed by atoms with E-state index in [0.29, 0.717) is 17.3 Å². The number of pyridine rings is 3. The lowest BCUT2D eigenvalue weighted by Gasteiger charge is -2.12. The summed E-state index contributed by atoms with van der Waals surface area (Å²) < 4.78 is 1.87. The number of aromatic nitrogens is 4. The molecule has 0 radical (unpaired) electrons. The summed E-state index contributed by atoms with van der Waals surface area (Å²) in [6.07, 6.45) is 6.60. The Labute approximate surface area is 167 Å². The van der Waals surface area contributed by atoms with Gasteiger partial charge in [-0.1, -0.05) is 18.5 Å². The molecule has 0 aliphatic carbocycles. The van der Waals surface area contributed by atoms with Crippen LogP contribution >= 0.6 is 11.6 Å². The summed E-state index contributed by atoms with van der Waals surface area (Å²) in [5.41, 5.74) is 4.29. The van der Waals surface area contributed by atoms with Crippen LogP contribution in [0.3, 0.4) is 0 Å². The Morgan fingerprint density at radius 2 is 1.96 bits per heavy atom. The van der Waals surface area contributed by atoms with E-state index in [4.69, 9.17) is 16.4 Å². The van der Waals surface area contributed by atoms with Crippen molar-refractivity contribution in [3.8, 4) is 11.3 Å². The van der Waals surface area contributed by atoms with Crippen LogP contribution in [0.4, 0.5) is 0 Å². The highest BCUT2D eigenvalue weighted by atomic mass is 35.5. The molecule has 28 heavy (non-hydrogen) atoms. The van der Waals surface area contributed by atoms with Crippen LogP contribution in [0.25, 0.3) is 27.5 Å². The molecule has 0 aliphatic heterocycles. The molecule has 0 fully saturated rings. The molecule has 0 N–H and O–H groups in total. The third-order valence-corrected chi connectivity index (χ3v) is 4.70. The van der Waals surface area contributed by atoms with Gasteiger partial charge in [0.05, 0.1) is 17.4 Å². The lowest BCUT2D eigenvalue weighted by molar-refractivity contribution is -0.0980. The molecule has 0 saturated heterocycles. The Morgan fingerprint density at radius 1 is 1.18 bits per heavy atom. The van der Waals surface area contributed by atoms with Crippen molar-refractivity contribution in [3.05, 3.63) is 59.3 Å². The van der Waals surface area contributed by atoms with Crippen molar-refractivity contribution in [2.75, 3.05) is 0 Å². The molecule has 4 rings (SSSR count). The lowest BCUT2D eigenvalue weighted by Crippen LogP contribution is -2.04.